The molecular formula is C12H13NO2. The van der Waals surface area contributed by atoms with Crippen LogP contribution < -0.4 is 5.32 Å². The molecule has 1 N–H and O–H groups in total. The van der Waals surface area contributed by atoms with Crippen LogP contribution in [0.25, 0.3) is 0 Å². The van der Waals surface area contributed by atoms with Gasteiger partial charge in [0.25, 0.3) is 0 Å². The highest BCUT2D eigenvalue weighted by Gasteiger charge is 2.45. The standard InChI is InChI=1S/C12H13NO2/c14-10-5-8-9(6-11(10)15)13-7-12(8)3-1-2-4-12/h5-6,13H,1-4,7H2. The van der Waals surface area contributed by atoms with Crippen molar-refractivity contribution in [3.63, 3.8) is 0 Å². The topological polar surface area (TPSA) is 46.2 Å². The van der Waals surface area contributed by atoms with Gasteiger partial charge in [0.2, 0.25) is 11.6 Å². The molecule has 0 radical (unpaired) electrons. The van der Waals surface area contributed by atoms with Crippen LogP contribution in [0, 0.1) is 5.41 Å². The Morgan fingerprint density at radius 1 is 1.07 bits per heavy atom. The minimum atomic E-state index is -0.392. The number of hydrogen-bond acceptors (Lipinski definition) is 3. The summed E-state index contributed by atoms with van der Waals surface area (Å²) in [5.74, 6) is -0.750. The molecule has 0 bridgehead atoms. The number of allylic oxidation sites excluding steroid dienone is 3. The molecular weight excluding hydrogens is 190 g/mol. The average Bonchev–Trinajstić information content (AvgIpc) is 2.80. The molecule has 3 nitrogen and oxygen atoms in total. The molecule has 0 aromatic rings. The normalized spacial score (nSPS) is 27.5. The third-order valence-corrected chi connectivity index (χ3v) is 3.83. The molecule has 1 spiro atoms. The van der Waals surface area contributed by atoms with Crippen molar-refractivity contribution in [2.45, 2.75) is 25.7 Å². The van der Waals surface area contributed by atoms with Gasteiger partial charge >= 0.3 is 0 Å². The highest BCUT2D eigenvalue weighted by atomic mass is 16.2. The number of carbonyl (C=O) groups is 2. The Bertz CT molecular complexity index is 411. The molecule has 0 amide bonds. The molecule has 78 valence electrons. The minimum absolute atomic E-state index is 0.155. The van der Waals surface area contributed by atoms with Gasteiger partial charge in [0, 0.05) is 23.7 Å². The van der Waals surface area contributed by atoms with Gasteiger partial charge in [-0.25, -0.2) is 0 Å². The summed E-state index contributed by atoms with van der Waals surface area (Å²) in [7, 11) is 0. The molecule has 3 heteroatoms. The smallest absolute Gasteiger partial charge is 0.227 e. The predicted molar refractivity (Wildman–Crippen MR) is 55.1 cm³/mol. The Balaban J connectivity index is 2.06. The average molecular weight is 203 g/mol. The Morgan fingerprint density at radius 3 is 2.47 bits per heavy atom. The van der Waals surface area contributed by atoms with Crippen LogP contribution in [0.3, 0.4) is 0 Å². The summed E-state index contributed by atoms with van der Waals surface area (Å²) < 4.78 is 0. The van der Waals surface area contributed by atoms with E-state index < -0.39 is 5.78 Å². The first-order chi connectivity index (χ1) is 7.21. The van der Waals surface area contributed by atoms with Crippen LogP contribution in [0.5, 0.6) is 0 Å². The van der Waals surface area contributed by atoms with Gasteiger partial charge in [0.15, 0.2) is 0 Å². The molecule has 2 aliphatic carbocycles. The van der Waals surface area contributed by atoms with Crippen molar-refractivity contribution < 1.29 is 9.59 Å². The third-order valence-electron chi connectivity index (χ3n) is 3.83. The minimum Gasteiger partial charge on any atom is -0.384 e. The van der Waals surface area contributed by atoms with Crippen LogP contribution in [-0.2, 0) is 9.59 Å². The number of carbonyl (C=O) groups excluding carboxylic acids is 2. The van der Waals surface area contributed by atoms with E-state index in [4.69, 9.17) is 0 Å². The summed E-state index contributed by atoms with van der Waals surface area (Å²) in [6, 6.07) is 0. The zero-order valence-electron chi connectivity index (χ0n) is 8.51. The number of rotatable bonds is 0. The van der Waals surface area contributed by atoms with Crippen molar-refractivity contribution in [2.75, 3.05) is 6.54 Å². The van der Waals surface area contributed by atoms with E-state index in [9.17, 15) is 9.59 Å². The molecule has 1 saturated carbocycles. The van der Waals surface area contributed by atoms with Crippen LogP contribution >= 0.6 is 0 Å². The summed E-state index contributed by atoms with van der Waals surface area (Å²) in [6.45, 7) is 0.894. The molecule has 1 heterocycles. The second-order valence-electron chi connectivity index (χ2n) is 4.69. The fourth-order valence-electron chi connectivity index (χ4n) is 3.00. The van der Waals surface area contributed by atoms with E-state index in [2.05, 4.69) is 5.32 Å². The fourth-order valence-corrected chi connectivity index (χ4v) is 3.00. The Labute approximate surface area is 88.2 Å². The predicted octanol–water partition coefficient (Wildman–Crippen LogP) is 1.11. The molecule has 3 aliphatic rings. The lowest BCUT2D eigenvalue weighted by Gasteiger charge is -2.23. The van der Waals surface area contributed by atoms with Crippen LogP contribution in [0.4, 0.5) is 0 Å². The molecule has 1 saturated heterocycles. The zero-order chi connectivity index (χ0) is 10.5. The van der Waals surface area contributed by atoms with Crippen molar-refractivity contribution in [1.29, 1.82) is 0 Å². The van der Waals surface area contributed by atoms with E-state index in [1.54, 1.807) is 6.08 Å². The van der Waals surface area contributed by atoms with Gasteiger partial charge in [-0.2, -0.15) is 0 Å². The molecule has 1 aliphatic heterocycles. The number of nitrogens with one attached hydrogen (secondary N) is 1. The molecule has 0 unspecified atom stereocenters. The highest BCUT2D eigenvalue weighted by molar-refractivity contribution is 6.46. The van der Waals surface area contributed by atoms with E-state index in [-0.39, 0.29) is 11.2 Å². The first-order valence-electron chi connectivity index (χ1n) is 5.48. The lowest BCUT2D eigenvalue weighted by molar-refractivity contribution is -0.131. The third kappa shape index (κ3) is 1.12. The van der Waals surface area contributed by atoms with Crippen molar-refractivity contribution in [1.82, 2.24) is 5.32 Å². The van der Waals surface area contributed by atoms with Crippen LogP contribution in [0.15, 0.2) is 23.4 Å². The second-order valence-corrected chi connectivity index (χ2v) is 4.69. The van der Waals surface area contributed by atoms with E-state index in [0.717, 1.165) is 30.7 Å². The highest BCUT2D eigenvalue weighted by Crippen LogP contribution is 2.49. The lowest BCUT2D eigenvalue weighted by atomic mass is 9.78. The van der Waals surface area contributed by atoms with Crippen molar-refractivity contribution in [2.24, 2.45) is 5.41 Å². The Morgan fingerprint density at radius 2 is 1.73 bits per heavy atom. The Hall–Kier alpha value is -1.38. The Kier molecular flexibility index (Phi) is 1.67. The fraction of sp³-hybridized carbons (Fsp3) is 0.500. The van der Waals surface area contributed by atoms with Crippen LogP contribution in [0.2, 0.25) is 0 Å². The van der Waals surface area contributed by atoms with E-state index in [1.807, 2.05) is 0 Å². The number of ketones is 2. The van der Waals surface area contributed by atoms with Crippen LogP contribution in [-0.4, -0.2) is 18.1 Å². The monoisotopic (exact) mass is 203 g/mol. The van der Waals surface area contributed by atoms with Gasteiger partial charge in [0.05, 0.1) is 0 Å². The van der Waals surface area contributed by atoms with E-state index in [0.29, 0.717) is 0 Å². The van der Waals surface area contributed by atoms with Gasteiger partial charge in [-0.15, -0.1) is 0 Å². The van der Waals surface area contributed by atoms with Gasteiger partial charge < -0.3 is 5.32 Å². The molecule has 0 aromatic carbocycles. The van der Waals surface area contributed by atoms with Crippen molar-refractivity contribution in [3.8, 4) is 0 Å². The SMILES string of the molecule is O=C1C=C2NCC3(CCCC3)C2=CC1=O. The maximum Gasteiger partial charge on any atom is 0.227 e. The summed E-state index contributed by atoms with van der Waals surface area (Å²) in [5, 5.41) is 3.26. The van der Waals surface area contributed by atoms with Gasteiger partial charge in [-0.1, -0.05) is 12.8 Å². The first-order valence-corrected chi connectivity index (χ1v) is 5.48. The lowest BCUT2D eigenvalue weighted by Crippen LogP contribution is -2.22. The van der Waals surface area contributed by atoms with Gasteiger partial charge in [-0.05, 0) is 24.5 Å². The van der Waals surface area contributed by atoms with Gasteiger partial charge in [-0.3, -0.25) is 9.59 Å². The summed E-state index contributed by atoms with van der Waals surface area (Å²) in [5.41, 5.74) is 2.13. The molecule has 0 aromatic heterocycles. The second kappa shape index (κ2) is 2.81. The molecule has 2 fully saturated rings. The molecule has 3 rings (SSSR count). The summed E-state index contributed by atoms with van der Waals surface area (Å²) in [6.07, 6.45) is 7.77. The number of fused-ring (bicyclic) bond motifs is 2. The molecule has 0 atom stereocenters. The van der Waals surface area contributed by atoms with Gasteiger partial charge in [0.1, 0.15) is 0 Å². The summed E-state index contributed by atoms with van der Waals surface area (Å²) >= 11 is 0. The maximum absolute atomic E-state index is 11.4. The maximum atomic E-state index is 11.4. The molecule has 15 heavy (non-hydrogen) atoms. The van der Waals surface area contributed by atoms with Crippen molar-refractivity contribution in [3.05, 3.63) is 23.4 Å². The summed E-state index contributed by atoms with van der Waals surface area (Å²) in [4.78, 5) is 22.6. The quantitative estimate of drug-likeness (QED) is 0.474. The first kappa shape index (κ1) is 8.89. The van der Waals surface area contributed by atoms with E-state index >= 15 is 0 Å². The van der Waals surface area contributed by atoms with E-state index in [1.165, 1.54) is 18.9 Å². The van der Waals surface area contributed by atoms with Crippen LogP contribution in [0.1, 0.15) is 25.7 Å². The van der Waals surface area contributed by atoms with Crippen molar-refractivity contribution >= 4 is 11.6 Å². The largest absolute Gasteiger partial charge is 0.384 e. The number of hydrogen-bond donors (Lipinski definition) is 1. The zero-order valence-corrected chi connectivity index (χ0v) is 8.51.